The molecule has 0 spiro atoms. The number of H-pyrrole nitrogens is 1. The van der Waals surface area contributed by atoms with Gasteiger partial charge in [0.15, 0.2) is 11.3 Å². The molecule has 7 heteroatoms. The van der Waals surface area contributed by atoms with Crippen LogP contribution < -0.4 is 5.73 Å². The standard InChI is InChI=1S/C16H15F3N4/c1-2-12(20)10-5-3-4-9(8-10)11-6-7-21-15-13(11)14(22-23-15)16(17,18)19/h3-8,12H,2,20H2,1H3,(H,21,22,23). The third-order valence-electron chi connectivity index (χ3n) is 3.80. The number of nitrogens with one attached hydrogen (secondary N) is 1. The molecule has 3 rings (SSSR count). The summed E-state index contributed by atoms with van der Waals surface area (Å²) in [6.45, 7) is 1.96. The smallest absolute Gasteiger partial charge is 0.324 e. The summed E-state index contributed by atoms with van der Waals surface area (Å²) in [4.78, 5) is 3.93. The molecule has 23 heavy (non-hydrogen) atoms. The Morgan fingerprint density at radius 1 is 1.26 bits per heavy atom. The summed E-state index contributed by atoms with van der Waals surface area (Å²) in [7, 11) is 0. The average molecular weight is 320 g/mol. The van der Waals surface area contributed by atoms with Gasteiger partial charge in [0, 0.05) is 12.2 Å². The number of rotatable bonds is 3. The second-order valence-electron chi connectivity index (χ2n) is 5.29. The van der Waals surface area contributed by atoms with E-state index < -0.39 is 11.9 Å². The third-order valence-corrected chi connectivity index (χ3v) is 3.80. The van der Waals surface area contributed by atoms with E-state index in [1.54, 1.807) is 18.2 Å². The zero-order chi connectivity index (χ0) is 16.6. The molecule has 0 bridgehead atoms. The van der Waals surface area contributed by atoms with Crippen LogP contribution in [0.4, 0.5) is 13.2 Å². The molecular weight excluding hydrogens is 305 g/mol. The van der Waals surface area contributed by atoms with Crippen molar-refractivity contribution in [1.82, 2.24) is 15.2 Å². The molecule has 2 aromatic heterocycles. The number of hydrogen-bond acceptors (Lipinski definition) is 3. The van der Waals surface area contributed by atoms with Gasteiger partial charge in [0.1, 0.15) is 0 Å². The third kappa shape index (κ3) is 2.79. The summed E-state index contributed by atoms with van der Waals surface area (Å²) in [5, 5.41) is 5.71. The van der Waals surface area contributed by atoms with Crippen molar-refractivity contribution in [3.63, 3.8) is 0 Å². The Morgan fingerprint density at radius 2 is 2.04 bits per heavy atom. The molecule has 0 radical (unpaired) electrons. The van der Waals surface area contributed by atoms with Gasteiger partial charge in [-0.3, -0.25) is 5.10 Å². The zero-order valence-electron chi connectivity index (χ0n) is 12.4. The number of halogens is 3. The fourth-order valence-corrected chi connectivity index (χ4v) is 2.57. The molecule has 0 saturated carbocycles. The average Bonchev–Trinajstić information content (AvgIpc) is 2.98. The second-order valence-corrected chi connectivity index (χ2v) is 5.29. The lowest BCUT2D eigenvalue weighted by Crippen LogP contribution is -2.08. The van der Waals surface area contributed by atoms with Crippen LogP contribution in [0.3, 0.4) is 0 Å². The van der Waals surface area contributed by atoms with Crippen LogP contribution in [0, 0.1) is 0 Å². The number of aromatic nitrogens is 3. The number of alkyl halides is 3. The second kappa shape index (κ2) is 5.66. The Labute approximate surface area is 130 Å². The van der Waals surface area contributed by atoms with E-state index in [0.717, 1.165) is 12.0 Å². The highest BCUT2D eigenvalue weighted by Gasteiger charge is 2.37. The molecule has 1 aromatic carbocycles. The van der Waals surface area contributed by atoms with Crippen LogP contribution in [0.1, 0.15) is 30.6 Å². The van der Waals surface area contributed by atoms with E-state index >= 15 is 0 Å². The summed E-state index contributed by atoms with van der Waals surface area (Å²) >= 11 is 0. The Hall–Kier alpha value is -2.41. The number of benzene rings is 1. The fraction of sp³-hybridized carbons (Fsp3) is 0.250. The van der Waals surface area contributed by atoms with Gasteiger partial charge in [-0.25, -0.2) is 4.98 Å². The SMILES string of the molecule is CCC(N)c1cccc(-c2ccnc3[nH]nc(C(F)(F)F)c23)c1. The van der Waals surface area contributed by atoms with Crippen molar-refractivity contribution in [2.45, 2.75) is 25.6 Å². The lowest BCUT2D eigenvalue weighted by atomic mass is 9.97. The van der Waals surface area contributed by atoms with Crippen LogP contribution in [0.15, 0.2) is 36.5 Å². The summed E-state index contributed by atoms with van der Waals surface area (Å²) in [5.41, 5.74) is 7.15. The van der Waals surface area contributed by atoms with Crippen LogP contribution in [0.25, 0.3) is 22.2 Å². The van der Waals surface area contributed by atoms with Crippen molar-refractivity contribution in [2.24, 2.45) is 5.73 Å². The van der Waals surface area contributed by atoms with Gasteiger partial charge in [-0.2, -0.15) is 18.3 Å². The van der Waals surface area contributed by atoms with Crippen molar-refractivity contribution in [2.75, 3.05) is 0 Å². The summed E-state index contributed by atoms with van der Waals surface area (Å²) < 4.78 is 39.5. The van der Waals surface area contributed by atoms with Crippen molar-refractivity contribution >= 4 is 11.0 Å². The molecule has 3 N–H and O–H groups in total. The highest BCUT2D eigenvalue weighted by molar-refractivity contribution is 5.94. The molecule has 0 amide bonds. The van der Waals surface area contributed by atoms with E-state index in [1.165, 1.54) is 6.20 Å². The first-order valence-corrected chi connectivity index (χ1v) is 7.18. The number of hydrogen-bond donors (Lipinski definition) is 2. The molecular formula is C16H15F3N4. The molecule has 0 aliphatic carbocycles. The van der Waals surface area contributed by atoms with Crippen molar-refractivity contribution in [1.29, 1.82) is 0 Å². The van der Waals surface area contributed by atoms with E-state index in [1.807, 2.05) is 19.1 Å². The van der Waals surface area contributed by atoms with Crippen molar-refractivity contribution in [3.8, 4) is 11.1 Å². The monoisotopic (exact) mass is 320 g/mol. The molecule has 0 aliphatic rings. The molecule has 1 atom stereocenters. The van der Waals surface area contributed by atoms with Gasteiger partial charge >= 0.3 is 6.18 Å². The maximum atomic E-state index is 13.2. The largest absolute Gasteiger partial charge is 0.435 e. The maximum Gasteiger partial charge on any atom is 0.435 e. The molecule has 4 nitrogen and oxygen atoms in total. The lowest BCUT2D eigenvalue weighted by molar-refractivity contribution is -0.139. The van der Waals surface area contributed by atoms with Crippen LogP contribution in [-0.2, 0) is 6.18 Å². The first-order chi connectivity index (χ1) is 10.9. The lowest BCUT2D eigenvalue weighted by Gasteiger charge is -2.12. The van der Waals surface area contributed by atoms with E-state index in [0.29, 0.717) is 11.1 Å². The highest BCUT2D eigenvalue weighted by Crippen LogP contribution is 2.37. The quantitative estimate of drug-likeness (QED) is 0.765. The first-order valence-electron chi connectivity index (χ1n) is 7.18. The van der Waals surface area contributed by atoms with Crippen LogP contribution in [0.2, 0.25) is 0 Å². The summed E-state index contributed by atoms with van der Waals surface area (Å²) in [6, 6.07) is 8.64. The minimum atomic E-state index is -4.55. The van der Waals surface area contributed by atoms with Gasteiger partial charge in [0.05, 0.1) is 5.39 Å². The van der Waals surface area contributed by atoms with Gasteiger partial charge in [0.2, 0.25) is 0 Å². The van der Waals surface area contributed by atoms with Crippen LogP contribution in [-0.4, -0.2) is 15.2 Å². The Balaban J connectivity index is 2.23. The topological polar surface area (TPSA) is 67.6 Å². The predicted octanol–water partition coefficient (Wildman–Crippen LogP) is 4.05. The molecule has 120 valence electrons. The minimum absolute atomic E-state index is 0.0257. The molecule has 1 unspecified atom stereocenters. The van der Waals surface area contributed by atoms with Gasteiger partial charge < -0.3 is 5.73 Å². The number of nitrogens with zero attached hydrogens (tertiary/aromatic N) is 2. The Kier molecular flexibility index (Phi) is 3.81. The minimum Gasteiger partial charge on any atom is -0.324 e. The highest BCUT2D eigenvalue weighted by atomic mass is 19.4. The number of aromatic amines is 1. The molecule has 2 heterocycles. The van der Waals surface area contributed by atoms with Crippen molar-refractivity contribution < 1.29 is 13.2 Å². The van der Waals surface area contributed by atoms with Gasteiger partial charge in [-0.05, 0) is 35.2 Å². The Morgan fingerprint density at radius 3 is 2.74 bits per heavy atom. The number of fused-ring (bicyclic) bond motifs is 1. The molecule has 0 saturated heterocycles. The zero-order valence-corrected chi connectivity index (χ0v) is 12.4. The molecule has 3 aromatic rings. The number of nitrogens with two attached hydrogens (primary N) is 1. The van der Waals surface area contributed by atoms with Crippen LogP contribution >= 0.6 is 0 Å². The summed E-state index contributed by atoms with van der Waals surface area (Å²) in [5.74, 6) is 0. The normalized spacial score (nSPS) is 13.4. The first kappa shape index (κ1) is 15.5. The molecule has 0 fully saturated rings. The van der Waals surface area contributed by atoms with E-state index in [-0.39, 0.29) is 17.1 Å². The van der Waals surface area contributed by atoms with E-state index in [4.69, 9.17) is 5.73 Å². The van der Waals surface area contributed by atoms with E-state index in [9.17, 15) is 13.2 Å². The van der Waals surface area contributed by atoms with Gasteiger partial charge in [0.25, 0.3) is 0 Å². The number of pyridine rings is 1. The molecule has 0 aliphatic heterocycles. The van der Waals surface area contributed by atoms with Gasteiger partial charge in [-0.1, -0.05) is 25.1 Å². The maximum absolute atomic E-state index is 13.2. The van der Waals surface area contributed by atoms with Crippen LogP contribution in [0.5, 0.6) is 0 Å². The fourth-order valence-electron chi connectivity index (χ4n) is 2.57. The van der Waals surface area contributed by atoms with E-state index in [2.05, 4.69) is 15.2 Å². The summed E-state index contributed by atoms with van der Waals surface area (Å²) in [6.07, 6.45) is -2.34. The van der Waals surface area contributed by atoms with Gasteiger partial charge in [-0.15, -0.1) is 0 Å². The predicted molar refractivity (Wildman–Crippen MR) is 81.5 cm³/mol. The van der Waals surface area contributed by atoms with Crippen molar-refractivity contribution in [3.05, 3.63) is 47.8 Å². The Bertz CT molecular complexity index is 839.